The maximum absolute atomic E-state index is 12.8. The monoisotopic (exact) mass is 382 g/mol. The predicted octanol–water partition coefficient (Wildman–Crippen LogP) is 5.76. The van der Waals surface area contributed by atoms with Gasteiger partial charge in [-0.15, -0.1) is 0 Å². The molecule has 0 unspecified atom stereocenters. The molecule has 2 aromatic carbocycles. The zero-order valence-corrected chi connectivity index (χ0v) is 14.9. The largest absolute Gasteiger partial charge is 0.416 e. The summed E-state index contributed by atoms with van der Waals surface area (Å²) >= 11 is 2.30. The molecule has 0 aliphatic rings. The fraction of sp³-hybridized carbons (Fsp3) is 0.176. The standard InChI is InChI=1S/C17H13F3N2OS2/c1-22(2)16(23)24-13-8-5-11-9-21-25-15(11)14(13)10-3-6-12(7-4-10)17(18,19)20/h3-9H,1-2H3. The number of halogens is 3. The van der Waals surface area contributed by atoms with E-state index in [0.717, 1.165) is 39.5 Å². The molecular weight excluding hydrogens is 369 g/mol. The lowest BCUT2D eigenvalue weighted by atomic mass is 10.0. The summed E-state index contributed by atoms with van der Waals surface area (Å²) in [7, 11) is 3.30. The molecule has 3 nitrogen and oxygen atoms in total. The van der Waals surface area contributed by atoms with Crippen LogP contribution in [0.1, 0.15) is 5.56 Å². The van der Waals surface area contributed by atoms with Crippen LogP contribution in [0.4, 0.5) is 18.0 Å². The summed E-state index contributed by atoms with van der Waals surface area (Å²) in [4.78, 5) is 14.2. The summed E-state index contributed by atoms with van der Waals surface area (Å²) in [5, 5.41) is 0.735. The second-order valence-electron chi connectivity index (χ2n) is 5.52. The predicted molar refractivity (Wildman–Crippen MR) is 95.0 cm³/mol. The third kappa shape index (κ3) is 3.64. The van der Waals surface area contributed by atoms with Gasteiger partial charge < -0.3 is 4.90 Å². The zero-order valence-electron chi connectivity index (χ0n) is 13.3. The lowest BCUT2D eigenvalue weighted by molar-refractivity contribution is -0.137. The molecule has 8 heteroatoms. The van der Waals surface area contributed by atoms with Crippen molar-refractivity contribution in [3.05, 3.63) is 48.2 Å². The van der Waals surface area contributed by atoms with E-state index in [1.807, 2.05) is 6.07 Å². The van der Waals surface area contributed by atoms with E-state index in [1.54, 1.807) is 26.4 Å². The highest BCUT2D eigenvalue weighted by molar-refractivity contribution is 8.13. The van der Waals surface area contributed by atoms with Gasteiger partial charge in [0, 0.05) is 36.1 Å². The lowest BCUT2D eigenvalue weighted by Gasteiger charge is -2.14. The van der Waals surface area contributed by atoms with Crippen molar-refractivity contribution in [3.63, 3.8) is 0 Å². The molecule has 1 amide bonds. The quantitative estimate of drug-likeness (QED) is 0.529. The number of amides is 1. The van der Waals surface area contributed by atoms with Gasteiger partial charge in [0.1, 0.15) is 0 Å². The zero-order chi connectivity index (χ0) is 18.2. The van der Waals surface area contributed by atoms with E-state index in [4.69, 9.17) is 0 Å². The highest BCUT2D eigenvalue weighted by Crippen LogP contribution is 2.41. The molecule has 0 N–H and O–H groups in total. The van der Waals surface area contributed by atoms with Crippen LogP contribution in [0.25, 0.3) is 21.2 Å². The number of aromatic nitrogens is 1. The molecular formula is C17H13F3N2OS2. The number of carbonyl (C=O) groups excluding carboxylic acids is 1. The molecule has 1 aromatic heterocycles. The van der Waals surface area contributed by atoms with Gasteiger partial charge >= 0.3 is 6.18 Å². The number of carbonyl (C=O) groups is 1. The van der Waals surface area contributed by atoms with Crippen LogP contribution in [0.2, 0.25) is 0 Å². The Hall–Kier alpha value is -2.06. The number of thioether (sulfide) groups is 1. The first-order chi connectivity index (χ1) is 11.8. The van der Waals surface area contributed by atoms with Crippen molar-refractivity contribution in [2.75, 3.05) is 14.1 Å². The number of benzene rings is 2. The van der Waals surface area contributed by atoms with Gasteiger partial charge in [0.05, 0.1) is 10.3 Å². The number of hydrogen-bond donors (Lipinski definition) is 0. The van der Waals surface area contributed by atoms with Gasteiger partial charge in [-0.05, 0) is 47.1 Å². The van der Waals surface area contributed by atoms with Crippen molar-refractivity contribution in [1.29, 1.82) is 0 Å². The van der Waals surface area contributed by atoms with E-state index < -0.39 is 11.7 Å². The van der Waals surface area contributed by atoms with Crippen LogP contribution in [-0.4, -0.2) is 28.6 Å². The second kappa shape index (κ2) is 6.68. The van der Waals surface area contributed by atoms with Crippen LogP contribution < -0.4 is 0 Å². The highest BCUT2D eigenvalue weighted by Gasteiger charge is 2.30. The molecule has 0 aliphatic heterocycles. The Kier molecular flexibility index (Phi) is 4.75. The third-order valence-corrected chi connectivity index (χ3v) is 5.48. The fourth-order valence-electron chi connectivity index (χ4n) is 2.29. The minimum absolute atomic E-state index is 0.156. The molecule has 0 fully saturated rings. The van der Waals surface area contributed by atoms with Crippen molar-refractivity contribution in [2.24, 2.45) is 0 Å². The van der Waals surface area contributed by atoms with Crippen LogP contribution in [0.5, 0.6) is 0 Å². The molecule has 0 saturated carbocycles. The molecule has 1 heterocycles. The van der Waals surface area contributed by atoms with Gasteiger partial charge in [0.25, 0.3) is 5.24 Å². The van der Waals surface area contributed by atoms with Crippen molar-refractivity contribution in [2.45, 2.75) is 11.1 Å². The van der Waals surface area contributed by atoms with Crippen LogP contribution in [0.3, 0.4) is 0 Å². The van der Waals surface area contributed by atoms with Crippen molar-refractivity contribution >= 4 is 38.6 Å². The van der Waals surface area contributed by atoms with Crippen molar-refractivity contribution in [3.8, 4) is 11.1 Å². The number of rotatable bonds is 2. The Morgan fingerprint density at radius 1 is 1.12 bits per heavy atom. The molecule has 25 heavy (non-hydrogen) atoms. The first kappa shape index (κ1) is 17.8. The van der Waals surface area contributed by atoms with E-state index in [0.29, 0.717) is 10.5 Å². The van der Waals surface area contributed by atoms with E-state index in [-0.39, 0.29) is 5.24 Å². The van der Waals surface area contributed by atoms with Gasteiger partial charge in [-0.3, -0.25) is 4.79 Å². The average Bonchev–Trinajstić information content (AvgIpc) is 3.02. The number of nitrogens with zero attached hydrogens (tertiary/aromatic N) is 2. The van der Waals surface area contributed by atoms with Crippen LogP contribution in [-0.2, 0) is 6.18 Å². The molecule has 0 spiro atoms. The van der Waals surface area contributed by atoms with E-state index >= 15 is 0 Å². The summed E-state index contributed by atoms with van der Waals surface area (Å²) in [6.45, 7) is 0. The highest BCUT2D eigenvalue weighted by atomic mass is 32.2. The van der Waals surface area contributed by atoms with Crippen LogP contribution in [0.15, 0.2) is 47.5 Å². The maximum Gasteiger partial charge on any atom is 0.416 e. The van der Waals surface area contributed by atoms with Gasteiger partial charge in [-0.1, -0.05) is 18.2 Å². The van der Waals surface area contributed by atoms with Crippen molar-refractivity contribution in [1.82, 2.24) is 9.27 Å². The van der Waals surface area contributed by atoms with Crippen molar-refractivity contribution < 1.29 is 18.0 Å². The van der Waals surface area contributed by atoms with E-state index in [2.05, 4.69) is 4.37 Å². The van der Waals surface area contributed by atoms with Gasteiger partial charge in [0.2, 0.25) is 0 Å². The summed E-state index contributed by atoms with van der Waals surface area (Å²) in [6, 6.07) is 8.63. The van der Waals surface area contributed by atoms with Gasteiger partial charge in [-0.2, -0.15) is 17.5 Å². The number of hydrogen-bond acceptors (Lipinski definition) is 4. The Morgan fingerprint density at radius 2 is 1.80 bits per heavy atom. The third-order valence-electron chi connectivity index (χ3n) is 3.55. The summed E-state index contributed by atoms with van der Waals surface area (Å²) < 4.78 is 43.4. The van der Waals surface area contributed by atoms with Crippen LogP contribution >= 0.6 is 23.3 Å². The smallest absolute Gasteiger partial charge is 0.339 e. The summed E-state index contributed by atoms with van der Waals surface area (Å²) in [5.41, 5.74) is 0.650. The SMILES string of the molecule is CN(C)C(=O)Sc1ccc2cnsc2c1-c1ccc(C(F)(F)F)cc1. The molecule has 130 valence electrons. The maximum atomic E-state index is 12.8. The number of alkyl halides is 3. The van der Waals surface area contributed by atoms with Gasteiger partial charge in [-0.25, -0.2) is 0 Å². The molecule has 0 atom stereocenters. The Balaban J connectivity index is 2.12. The first-order valence-electron chi connectivity index (χ1n) is 7.21. The topological polar surface area (TPSA) is 33.2 Å². The normalized spacial score (nSPS) is 11.7. The Labute approximate surface area is 150 Å². The van der Waals surface area contributed by atoms with E-state index in [9.17, 15) is 18.0 Å². The average molecular weight is 382 g/mol. The minimum atomic E-state index is -4.38. The Morgan fingerprint density at radius 3 is 2.40 bits per heavy atom. The number of fused-ring (bicyclic) bond motifs is 1. The molecule has 0 radical (unpaired) electrons. The Bertz CT molecular complexity index is 918. The molecule has 3 aromatic rings. The summed E-state index contributed by atoms with van der Waals surface area (Å²) in [5.74, 6) is 0. The lowest BCUT2D eigenvalue weighted by Crippen LogP contribution is -2.16. The molecule has 0 bridgehead atoms. The van der Waals surface area contributed by atoms with E-state index in [1.165, 1.54) is 28.6 Å². The minimum Gasteiger partial charge on any atom is -0.339 e. The molecule has 3 rings (SSSR count). The van der Waals surface area contributed by atoms with Gasteiger partial charge in [0.15, 0.2) is 0 Å². The van der Waals surface area contributed by atoms with Crippen LogP contribution in [0, 0.1) is 0 Å². The molecule has 0 aliphatic carbocycles. The fourth-order valence-corrected chi connectivity index (χ4v) is 4.00. The summed E-state index contributed by atoms with van der Waals surface area (Å²) in [6.07, 6.45) is -2.68. The molecule has 0 saturated heterocycles. The second-order valence-corrected chi connectivity index (χ2v) is 7.32. The first-order valence-corrected chi connectivity index (χ1v) is 8.80.